The second-order valence-corrected chi connectivity index (χ2v) is 4.10. The highest BCUT2D eigenvalue weighted by molar-refractivity contribution is 5.86. The molecule has 0 aliphatic heterocycles. The Morgan fingerprint density at radius 3 is 2.88 bits per heavy atom. The summed E-state index contributed by atoms with van der Waals surface area (Å²) in [4.78, 5) is 10.9. The Balaban J connectivity index is 2.18. The fourth-order valence-corrected chi connectivity index (χ4v) is 1.85. The van der Waals surface area contributed by atoms with Crippen molar-refractivity contribution in [1.82, 2.24) is 15.0 Å². The van der Waals surface area contributed by atoms with E-state index in [9.17, 15) is 4.79 Å². The monoisotopic (exact) mass is 225 g/mol. The molecule has 0 atom stereocenters. The summed E-state index contributed by atoms with van der Waals surface area (Å²) in [6.07, 6.45) is 3.63. The summed E-state index contributed by atoms with van der Waals surface area (Å²) in [5.41, 5.74) is 0.558. The van der Waals surface area contributed by atoms with Crippen LogP contribution in [0.4, 0.5) is 0 Å². The highest BCUT2D eigenvalue weighted by Crippen LogP contribution is 2.28. The third kappa shape index (κ3) is 2.06. The van der Waals surface area contributed by atoms with Crippen LogP contribution in [-0.2, 0) is 17.9 Å². The normalized spacial score (nSPS) is 16.1. The number of hydrogen-bond acceptors (Lipinski definition) is 4. The molecule has 1 aromatic rings. The number of carbonyl (C=O) groups is 1. The molecule has 88 valence electrons. The van der Waals surface area contributed by atoms with Crippen molar-refractivity contribution < 1.29 is 14.6 Å². The lowest BCUT2D eigenvalue weighted by Gasteiger charge is -2.25. The molecule has 6 heteroatoms. The topological polar surface area (TPSA) is 77.2 Å². The molecule has 0 bridgehead atoms. The summed E-state index contributed by atoms with van der Waals surface area (Å²) < 4.78 is 6.65. The molecule has 1 aliphatic rings. The lowest BCUT2D eigenvalue weighted by atomic mass is 9.85. The van der Waals surface area contributed by atoms with Crippen molar-refractivity contribution in [2.24, 2.45) is 5.92 Å². The van der Waals surface area contributed by atoms with E-state index in [2.05, 4.69) is 10.3 Å². The SMILES string of the molecule is COCc1c(C(=O)O)nnn1CC1CCC1. The van der Waals surface area contributed by atoms with Gasteiger partial charge in [0, 0.05) is 13.7 Å². The predicted octanol–water partition coefficient (Wildman–Crippen LogP) is 0.923. The maximum atomic E-state index is 10.9. The van der Waals surface area contributed by atoms with Gasteiger partial charge < -0.3 is 9.84 Å². The summed E-state index contributed by atoms with van der Waals surface area (Å²) in [5, 5.41) is 16.5. The molecule has 0 aromatic carbocycles. The number of hydrogen-bond donors (Lipinski definition) is 1. The van der Waals surface area contributed by atoms with E-state index in [4.69, 9.17) is 9.84 Å². The van der Waals surface area contributed by atoms with E-state index in [1.807, 2.05) is 0 Å². The molecular formula is C10H15N3O3. The smallest absolute Gasteiger partial charge is 0.358 e. The van der Waals surface area contributed by atoms with E-state index in [-0.39, 0.29) is 12.3 Å². The number of carboxylic acids is 1. The van der Waals surface area contributed by atoms with Gasteiger partial charge in [0.05, 0.1) is 12.3 Å². The second-order valence-electron chi connectivity index (χ2n) is 4.10. The van der Waals surface area contributed by atoms with Gasteiger partial charge in [0.2, 0.25) is 0 Å². The fourth-order valence-electron chi connectivity index (χ4n) is 1.85. The van der Waals surface area contributed by atoms with Crippen molar-refractivity contribution >= 4 is 5.97 Å². The predicted molar refractivity (Wildman–Crippen MR) is 55.0 cm³/mol. The van der Waals surface area contributed by atoms with E-state index in [0.717, 1.165) is 6.54 Å². The Morgan fingerprint density at radius 1 is 1.62 bits per heavy atom. The summed E-state index contributed by atoms with van der Waals surface area (Å²) in [7, 11) is 1.53. The van der Waals surface area contributed by atoms with E-state index in [0.29, 0.717) is 11.6 Å². The zero-order valence-corrected chi connectivity index (χ0v) is 9.22. The number of methoxy groups -OCH3 is 1. The molecule has 1 fully saturated rings. The van der Waals surface area contributed by atoms with E-state index >= 15 is 0 Å². The molecule has 0 spiro atoms. The number of nitrogens with zero attached hydrogens (tertiary/aromatic N) is 3. The zero-order chi connectivity index (χ0) is 11.5. The summed E-state index contributed by atoms with van der Waals surface area (Å²) in [5.74, 6) is -0.439. The highest BCUT2D eigenvalue weighted by atomic mass is 16.5. The molecule has 1 heterocycles. The number of aromatic carboxylic acids is 1. The van der Waals surface area contributed by atoms with Gasteiger partial charge in [-0.15, -0.1) is 5.10 Å². The first-order valence-corrected chi connectivity index (χ1v) is 5.37. The number of aromatic nitrogens is 3. The summed E-state index contributed by atoms with van der Waals surface area (Å²) >= 11 is 0. The maximum absolute atomic E-state index is 10.9. The van der Waals surface area contributed by atoms with Crippen LogP contribution in [0.15, 0.2) is 0 Å². The molecule has 0 unspecified atom stereocenters. The van der Waals surface area contributed by atoms with Gasteiger partial charge in [-0.2, -0.15) is 0 Å². The van der Waals surface area contributed by atoms with Crippen molar-refractivity contribution in [2.75, 3.05) is 7.11 Å². The molecular weight excluding hydrogens is 210 g/mol. The number of carboxylic acid groups (broad SMARTS) is 1. The van der Waals surface area contributed by atoms with Crippen molar-refractivity contribution in [2.45, 2.75) is 32.4 Å². The first-order valence-electron chi connectivity index (χ1n) is 5.37. The van der Waals surface area contributed by atoms with Crippen molar-refractivity contribution in [3.63, 3.8) is 0 Å². The average molecular weight is 225 g/mol. The average Bonchev–Trinajstić information content (AvgIpc) is 2.56. The first-order chi connectivity index (χ1) is 7.72. The number of ether oxygens (including phenoxy) is 1. The van der Waals surface area contributed by atoms with Gasteiger partial charge in [0.25, 0.3) is 0 Å². The van der Waals surface area contributed by atoms with Crippen LogP contribution in [0.2, 0.25) is 0 Å². The van der Waals surface area contributed by atoms with Crippen LogP contribution < -0.4 is 0 Å². The van der Waals surface area contributed by atoms with Crippen LogP contribution in [-0.4, -0.2) is 33.2 Å². The lowest BCUT2D eigenvalue weighted by Crippen LogP contribution is -2.21. The molecule has 0 amide bonds. The quantitative estimate of drug-likeness (QED) is 0.806. The minimum atomic E-state index is -1.05. The van der Waals surface area contributed by atoms with Crippen LogP contribution in [0.25, 0.3) is 0 Å². The third-order valence-electron chi connectivity index (χ3n) is 2.98. The van der Waals surface area contributed by atoms with Crippen LogP contribution >= 0.6 is 0 Å². The zero-order valence-electron chi connectivity index (χ0n) is 9.22. The largest absolute Gasteiger partial charge is 0.476 e. The molecule has 0 radical (unpaired) electrons. The Hall–Kier alpha value is -1.43. The molecule has 16 heavy (non-hydrogen) atoms. The molecule has 6 nitrogen and oxygen atoms in total. The standard InChI is InChI=1S/C10H15N3O3/c1-16-6-8-9(10(14)15)11-12-13(8)5-7-3-2-4-7/h7H,2-6H2,1H3,(H,14,15). The minimum Gasteiger partial charge on any atom is -0.476 e. The molecule has 1 saturated carbocycles. The minimum absolute atomic E-state index is 0.00109. The van der Waals surface area contributed by atoms with Crippen molar-refractivity contribution in [3.8, 4) is 0 Å². The van der Waals surface area contributed by atoms with Gasteiger partial charge in [0.1, 0.15) is 0 Å². The van der Waals surface area contributed by atoms with Crippen molar-refractivity contribution in [1.29, 1.82) is 0 Å². The molecule has 0 saturated heterocycles. The highest BCUT2D eigenvalue weighted by Gasteiger charge is 2.23. The van der Waals surface area contributed by atoms with Gasteiger partial charge in [-0.25, -0.2) is 9.48 Å². The summed E-state index contributed by atoms with van der Waals surface area (Å²) in [6, 6.07) is 0. The molecule has 2 rings (SSSR count). The van der Waals surface area contributed by atoms with Crippen molar-refractivity contribution in [3.05, 3.63) is 11.4 Å². The summed E-state index contributed by atoms with van der Waals surface area (Å²) in [6.45, 7) is 0.986. The van der Waals surface area contributed by atoms with Gasteiger partial charge in [-0.05, 0) is 18.8 Å². The molecule has 1 N–H and O–H groups in total. The second kappa shape index (κ2) is 4.61. The molecule has 1 aliphatic carbocycles. The maximum Gasteiger partial charge on any atom is 0.358 e. The van der Waals surface area contributed by atoms with Gasteiger partial charge >= 0.3 is 5.97 Å². The Labute approximate surface area is 93.2 Å². The van der Waals surface area contributed by atoms with E-state index < -0.39 is 5.97 Å². The van der Waals surface area contributed by atoms with Gasteiger partial charge in [0.15, 0.2) is 5.69 Å². The molecule has 1 aromatic heterocycles. The van der Waals surface area contributed by atoms with E-state index in [1.54, 1.807) is 4.68 Å². The van der Waals surface area contributed by atoms with E-state index in [1.165, 1.54) is 26.4 Å². The van der Waals surface area contributed by atoms with Crippen LogP contribution in [0.1, 0.15) is 35.4 Å². The van der Waals surface area contributed by atoms with Gasteiger partial charge in [-0.3, -0.25) is 0 Å². The Morgan fingerprint density at radius 2 is 2.38 bits per heavy atom. The van der Waals surface area contributed by atoms with Crippen LogP contribution in [0, 0.1) is 5.92 Å². The Kier molecular flexibility index (Phi) is 3.19. The first kappa shape index (κ1) is 11.1. The van der Waals surface area contributed by atoms with Crippen LogP contribution in [0.3, 0.4) is 0 Å². The van der Waals surface area contributed by atoms with Crippen LogP contribution in [0.5, 0.6) is 0 Å². The fraction of sp³-hybridized carbons (Fsp3) is 0.700. The number of rotatable bonds is 5. The third-order valence-corrected chi connectivity index (χ3v) is 2.98. The van der Waals surface area contributed by atoms with Gasteiger partial charge in [-0.1, -0.05) is 11.6 Å². The Bertz CT molecular complexity index is 385. The lowest BCUT2D eigenvalue weighted by molar-refractivity contribution is 0.0684.